The number of nitrogens with two attached hydrogens (primary N) is 2. The predicted octanol–water partition coefficient (Wildman–Crippen LogP) is 0.707. The van der Waals surface area contributed by atoms with Crippen molar-refractivity contribution in [2.45, 2.75) is 19.9 Å². The van der Waals surface area contributed by atoms with E-state index in [-0.39, 0.29) is 17.4 Å². The van der Waals surface area contributed by atoms with Crippen molar-refractivity contribution in [3.63, 3.8) is 0 Å². The van der Waals surface area contributed by atoms with Gasteiger partial charge >= 0.3 is 0 Å². The molecule has 0 bridgehead atoms. The maximum Gasteiger partial charge on any atom is 0.250 e. The third-order valence-corrected chi connectivity index (χ3v) is 2.47. The third-order valence-electron chi connectivity index (χ3n) is 2.47. The average molecular weight is 235 g/mol. The minimum absolute atomic E-state index is 0.0238. The van der Waals surface area contributed by atoms with Gasteiger partial charge in [-0.3, -0.25) is 9.59 Å². The van der Waals surface area contributed by atoms with Crippen molar-refractivity contribution in [3.8, 4) is 0 Å². The molecule has 0 saturated heterocycles. The molecule has 5 heteroatoms. The molecule has 1 atom stereocenters. The van der Waals surface area contributed by atoms with Gasteiger partial charge in [0.2, 0.25) is 5.91 Å². The number of nitrogens with one attached hydrogen (secondary N) is 1. The largest absolute Gasteiger partial charge is 0.366 e. The van der Waals surface area contributed by atoms with E-state index in [0.29, 0.717) is 5.69 Å². The van der Waals surface area contributed by atoms with Gasteiger partial charge in [0.05, 0.1) is 17.3 Å². The molecule has 0 fully saturated rings. The minimum Gasteiger partial charge on any atom is -0.366 e. The molecule has 0 aromatic heterocycles. The van der Waals surface area contributed by atoms with Crippen LogP contribution >= 0.6 is 0 Å². The van der Waals surface area contributed by atoms with Gasteiger partial charge in [0.15, 0.2) is 0 Å². The Hall–Kier alpha value is -1.88. The number of carbonyl (C=O) groups excluding carboxylic acids is 2. The van der Waals surface area contributed by atoms with Crippen molar-refractivity contribution in [3.05, 3.63) is 29.8 Å². The monoisotopic (exact) mass is 235 g/mol. The molecule has 0 heterocycles. The fourth-order valence-electron chi connectivity index (χ4n) is 1.33. The number of anilines is 1. The number of amides is 2. The summed E-state index contributed by atoms with van der Waals surface area (Å²) in [5.74, 6) is -0.886. The van der Waals surface area contributed by atoms with Crippen molar-refractivity contribution < 1.29 is 9.59 Å². The second kappa shape index (κ2) is 5.45. The first-order chi connectivity index (χ1) is 7.93. The molecule has 0 aliphatic rings. The molecule has 0 saturated carbocycles. The second-order valence-corrected chi connectivity index (χ2v) is 4.17. The number of primary amides is 1. The molecule has 5 N–H and O–H groups in total. The lowest BCUT2D eigenvalue weighted by molar-refractivity contribution is -0.118. The van der Waals surface area contributed by atoms with Crippen LogP contribution in [0.3, 0.4) is 0 Å². The summed E-state index contributed by atoms with van der Waals surface area (Å²) in [7, 11) is 0. The summed E-state index contributed by atoms with van der Waals surface area (Å²) in [6, 6.07) is 5.95. The first-order valence-electron chi connectivity index (χ1n) is 5.38. The third kappa shape index (κ3) is 3.29. The molecular formula is C12H17N3O2. The van der Waals surface area contributed by atoms with Gasteiger partial charge in [-0.15, -0.1) is 0 Å². The van der Waals surface area contributed by atoms with Gasteiger partial charge in [-0.25, -0.2) is 0 Å². The molecule has 1 unspecified atom stereocenters. The molecule has 0 radical (unpaired) electrons. The number of hydrogen-bond donors (Lipinski definition) is 3. The molecule has 1 rings (SSSR count). The standard InChI is InChI=1S/C12H17N3O2/c1-7(2)10(13)12(17)15-9-6-4-3-5-8(9)11(14)16/h3-7,10H,13H2,1-2H3,(H2,14,16)(H,15,17). The molecule has 1 aromatic carbocycles. The number of hydrogen-bond acceptors (Lipinski definition) is 3. The molecule has 92 valence electrons. The molecule has 0 aliphatic heterocycles. The quantitative estimate of drug-likeness (QED) is 0.716. The van der Waals surface area contributed by atoms with Crippen molar-refractivity contribution in [2.75, 3.05) is 5.32 Å². The van der Waals surface area contributed by atoms with E-state index in [9.17, 15) is 9.59 Å². The van der Waals surface area contributed by atoms with E-state index in [0.717, 1.165) is 0 Å². The Balaban J connectivity index is 2.89. The summed E-state index contributed by atoms with van der Waals surface area (Å²) in [4.78, 5) is 22.9. The van der Waals surface area contributed by atoms with Crippen molar-refractivity contribution in [2.24, 2.45) is 17.4 Å². The van der Waals surface area contributed by atoms with Gasteiger partial charge in [0, 0.05) is 0 Å². The van der Waals surface area contributed by atoms with Gasteiger partial charge in [-0.2, -0.15) is 0 Å². The molecule has 0 aliphatic carbocycles. The maximum absolute atomic E-state index is 11.7. The van der Waals surface area contributed by atoms with E-state index in [4.69, 9.17) is 11.5 Å². The first-order valence-corrected chi connectivity index (χ1v) is 5.38. The van der Waals surface area contributed by atoms with E-state index >= 15 is 0 Å². The Bertz CT molecular complexity index is 430. The highest BCUT2D eigenvalue weighted by atomic mass is 16.2. The summed E-state index contributed by atoms with van der Waals surface area (Å²) in [6.07, 6.45) is 0. The van der Waals surface area contributed by atoms with E-state index in [2.05, 4.69) is 5.32 Å². The Labute approximate surface area is 100 Å². The van der Waals surface area contributed by atoms with Gasteiger partial charge in [0.25, 0.3) is 5.91 Å². The fraction of sp³-hybridized carbons (Fsp3) is 0.333. The lowest BCUT2D eigenvalue weighted by Crippen LogP contribution is -2.40. The smallest absolute Gasteiger partial charge is 0.250 e. The molecule has 5 nitrogen and oxygen atoms in total. The van der Waals surface area contributed by atoms with Crippen LogP contribution in [0.5, 0.6) is 0 Å². The van der Waals surface area contributed by atoms with Gasteiger partial charge in [0.1, 0.15) is 0 Å². The van der Waals surface area contributed by atoms with Crippen LogP contribution in [-0.4, -0.2) is 17.9 Å². The number of benzene rings is 1. The van der Waals surface area contributed by atoms with E-state index in [1.54, 1.807) is 24.3 Å². The molecule has 17 heavy (non-hydrogen) atoms. The van der Waals surface area contributed by atoms with Gasteiger partial charge < -0.3 is 16.8 Å². The maximum atomic E-state index is 11.7. The Morgan fingerprint density at radius 1 is 1.24 bits per heavy atom. The van der Waals surface area contributed by atoms with Crippen LogP contribution in [0.2, 0.25) is 0 Å². The summed E-state index contributed by atoms with van der Waals surface area (Å²) >= 11 is 0. The van der Waals surface area contributed by atoms with Crippen LogP contribution in [0.1, 0.15) is 24.2 Å². The van der Waals surface area contributed by atoms with Crippen LogP contribution in [0.4, 0.5) is 5.69 Å². The van der Waals surface area contributed by atoms with Crippen LogP contribution < -0.4 is 16.8 Å². The normalized spacial score (nSPS) is 12.2. The van der Waals surface area contributed by atoms with Crippen LogP contribution in [0, 0.1) is 5.92 Å². The Morgan fingerprint density at radius 3 is 2.35 bits per heavy atom. The molecule has 2 amide bonds. The van der Waals surface area contributed by atoms with E-state index < -0.39 is 11.9 Å². The summed E-state index contributed by atoms with van der Waals surface area (Å²) in [5, 5.41) is 2.61. The topological polar surface area (TPSA) is 98.2 Å². The van der Waals surface area contributed by atoms with Crippen molar-refractivity contribution in [1.82, 2.24) is 0 Å². The van der Waals surface area contributed by atoms with Crippen LogP contribution in [0.25, 0.3) is 0 Å². The highest BCUT2D eigenvalue weighted by molar-refractivity contribution is 6.04. The summed E-state index contributed by atoms with van der Waals surface area (Å²) in [5.41, 5.74) is 11.6. The van der Waals surface area contributed by atoms with Crippen molar-refractivity contribution in [1.29, 1.82) is 0 Å². The number of para-hydroxylation sites is 1. The number of rotatable bonds is 4. The summed E-state index contributed by atoms with van der Waals surface area (Å²) < 4.78 is 0. The molecular weight excluding hydrogens is 218 g/mol. The zero-order valence-corrected chi connectivity index (χ0v) is 9.94. The SMILES string of the molecule is CC(C)C(N)C(=O)Nc1ccccc1C(N)=O. The first kappa shape index (κ1) is 13.2. The average Bonchev–Trinajstić information content (AvgIpc) is 2.28. The van der Waals surface area contributed by atoms with E-state index in [1.807, 2.05) is 13.8 Å². The van der Waals surface area contributed by atoms with Crippen molar-refractivity contribution >= 4 is 17.5 Å². The highest BCUT2D eigenvalue weighted by Gasteiger charge is 2.18. The zero-order chi connectivity index (χ0) is 13.0. The highest BCUT2D eigenvalue weighted by Crippen LogP contribution is 2.15. The molecule has 1 aromatic rings. The fourth-order valence-corrected chi connectivity index (χ4v) is 1.33. The second-order valence-electron chi connectivity index (χ2n) is 4.17. The predicted molar refractivity (Wildman–Crippen MR) is 66.4 cm³/mol. The van der Waals surface area contributed by atoms with Gasteiger partial charge in [-0.05, 0) is 18.1 Å². The lowest BCUT2D eigenvalue weighted by Gasteiger charge is -2.16. The van der Waals surface area contributed by atoms with E-state index in [1.165, 1.54) is 0 Å². The van der Waals surface area contributed by atoms with Gasteiger partial charge in [-0.1, -0.05) is 26.0 Å². The minimum atomic E-state index is -0.615. The zero-order valence-electron chi connectivity index (χ0n) is 9.94. The Kier molecular flexibility index (Phi) is 4.23. The number of carbonyl (C=O) groups is 2. The molecule has 0 spiro atoms. The van der Waals surface area contributed by atoms with Crippen LogP contribution in [0.15, 0.2) is 24.3 Å². The lowest BCUT2D eigenvalue weighted by atomic mass is 10.0. The Morgan fingerprint density at radius 2 is 1.82 bits per heavy atom. The summed E-state index contributed by atoms with van der Waals surface area (Å²) in [6.45, 7) is 3.70. The van der Waals surface area contributed by atoms with Crippen LogP contribution in [-0.2, 0) is 4.79 Å².